The number of pyridine rings is 2. The van der Waals surface area contributed by atoms with E-state index < -0.39 is 40.2 Å². The fourth-order valence-corrected chi connectivity index (χ4v) is 5.18. The van der Waals surface area contributed by atoms with Crippen LogP contribution in [0.15, 0.2) is 42.7 Å². The van der Waals surface area contributed by atoms with Crippen LogP contribution < -0.4 is 11.1 Å². The molecule has 9 heteroatoms. The second-order valence-electron chi connectivity index (χ2n) is 10.1. The van der Waals surface area contributed by atoms with E-state index >= 15 is 0 Å². The molecule has 0 aliphatic heterocycles. The maximum atomic E-state index is 14.9. The summed E-state index contributed by atoms with van der Waals surface area (Å²) in [6.45, 7) is 2.14. The predicted octanol–water partition coefficient (Wildman–Crippen LogP) is 5.03. The van der Waals surface area contributed by atoms with Crippen molar-refractivity contribution < 1.29 is 23.1 Å². The van der Waals surface area contributed by atoms with Crippen LogP contribution in [0, 0.1) is 23.4 Å². The molecule has 0 spiro atoms. The molecule has 5 rings (SSSR count). The number of carbonyl (C=O) groups is 1. The maximum Gasteiger partial charge on any atom is 0.274 e. The molecule has 1 amide bonds. The molecule has 0 radical (unpaired) electrons. The lowest BCUT2D eigenvalue weighted by Gasteiger charge is -2.32. The predicted molar refractivity (Wildman–Crippen MR) is 129 cm³/mol. The van der Waals surface area contributed by atoms with E-state index in [1.165, 1.54) is 6.20 Å². The topological polar surface area (TPSA) is 101 Å². The van der Waals surface area contributed by atoms with Gasteiger partial charge in [-0.05, 0) is 85.4 Å². The smallest absolute Gasteiger partial charge is 0.274 e. The zero-order chi connectivity index (χ0) is 25.6. The quantitative estimate of drug-likeness (QED) is 0.460. The zero-order valence-electron chi connectivity index (χ0n) is 19.8. The SMILES string of the molecule is C[C@@H]1C[C@H](N)C[C@H](c2ccncc2NC(=O)c2ccc(F)c(-c3c(F)cc(C4(O)CC4)cc3F)n2)C1. The molecule has 0 bridgehead atoms. The molecule has 2 heterocycles. The minimum absolute atomic E-state index is 0.0635. The number of anilines is 1. The minimum Gasteiger partial charge on any atom is -0.385 e. The molecule has 2 aliphatic carbocycles. The Kier molecular flexibility index (Phi) is 6.30. The van der Waals surface area contributed by atoms with Gasteiger partial charge in [0.2, 0.25) is 0 Å². The molecule has 36 heavy (non-hydrogen) atoms. The highest BCUT2D eigenvalue weighted by Crippen LogP contribution is 2.46. The molecule has 1 aromatic carbocycles. The molecule has 2 fully saturated rings. The van der Waals surface area contributed by atoms with E-state index in [0.29, 0.717) is 24.4 Å². The van der Waals surface area contributed by atoms with Gasteiger partial charge in [0.15, 0.2) is 0 Å². The Balaban J connectivity index is 1.44. The van der Waals surface area contributed by atoms with Crippen LogP contribution in [-0.4, -0.2) is 27.0 Å². The van der Waals surface area contributed by atoms with Crippen molar-refractivity contribution in [2.75, 3.05) is 5.32 Å². The summed E-state index contributed by atoms with van der Waals surface area (Å²) >= 11 is 0. The van der Waals surface area contributed by atoms with Crippen molar-refractivity contribution in [3.05, 3.63) is 77.0 Å². The number of carbonyl (C=O) groups excluding carboxylic acids is 1. The van der Waals surface area contributed by atoms with Crippen LogP contribution in [0.1, 0.15) is 66.6 Å². The van der Waals surface area contributed by atoms with Crippen LogP contribution in [0.4, 0.5) is 18.9 Å². The number of aliphatic hydroxyl groups is 1. The van der Waals surface area contributed by atoms with Crippen molar-refractivity contribution in [2.24, 2.45) is 11.7 Å². The van der Waals surface area contributed by atoms with Crippen molar-refractivity contribution in [3.8, 4) is 11.3 Å². The summed E-state index contributed by atoms with van der Waals surface area (Å²) in [6.07, 6.45) is 6.62. The number of nitrogens with one attached hydrogen (secondary N) is 1. The molecule has 3 aromatic rings. The number of nitrogens with zero attached hydrogens (tertiary/aromatic N) is 2. The summed E-state index contributed by atoms with van der Waals surface area (Å²) in [4.78, 5) is 21.1. The molecule has 0 saturated heterocycles. The largest absolute Gasteiger partial charge is 0.385 e. The van der Waals surface area contributed by atoms with Crippen molar-refractivity contribution >= 4 is 11.6 Å². The molecular formula is C27H27F3N4O2. The van der Waals surface area contributed by atoms with Gasteiger partial charge in [-0.25, -0.2) is 18.2 Å². The highest BCUT2D eigenvalue weighted by molar-refractivity contribution is 6.03. The Morgan fingerprint density at radius 3 is 2.47 bits per heavy atom. The standard InChI is InChI=1S/C27H27F3N4O2/c1-14-8-15(10-17(31)9-14)18-4-7-32-13-23(18)34-26(35)22-3-2-19(28)25(33-22)24-20(29)11-16(12-21(24)30)27(36)5-6-27/h2-4,7,11-15,17,36H,5-6,8-10,31H2,1H3,(H,34,35)/t14-,15+,17-/m0/s1. The molecule has 6 nitrogen and oxygen atoms in total. The fraction of sp³-hybridized carbons (Fsp3) is 0.370. The number of rotatable bonds is 5. The van der Waals surface area contributed by atoms with E-state index in [-0.39, 0.29) is 23.2 Å². The lowest BCUT2D eigenvalue weighted by atomic mass is 9.76. The van der Waals surface area contributed by atoms with Crippen molar-refractivity contribution in [3.63, 3.8) is 0 Å². The lowest BCUT2D eigenvalue weighted by Crippen LogP contribution is -2.31. The van der Waals surface area contributed by atoms with Crippen LogP contribution in [-0.2, 0) is 5.60 Å². The fourth-order valence-electron chi connectivity index (χ4n) is 5.18. The van der Waals surface area contributed by atoms with Crippen LogP contribution in [0.3, 0.4) is 0 Å². The second kappa shape index (κ2) is 9.29. The molecule has 3 atom stereocenters. The Bertz CT molecular complexity index is 1300. The summed E-state index contributed by atoms with van der Waals surface area (Å²) in [7, 11) is 0. The van der Waals surface area contributed by atoms with Gasteiger partial charge >= 0.3 is 0 Å². The van der Waals surface area contributed by atoms with Crippen molar-refractivity contribution in [1.29, 1.82) is 0 Å². The molecule has 0 unspecified atom stereocenters. The number of hydrogen-bond donors (Lipinski definition) is 3. The number of amides is 1. The first-order valence-corrected chi connectivity index (χ1v) is 12.0. The third-order valence-corrected chi connectivity index (χ3v) is 7.14. The lowest BCUT2D eigenvalue weighted by molar-refractivity contribution is 0.102. The number of halogens is 3. The molecule has 2 saturated carbocycles. The van der Waals surface area contributed by atoms with E-state index in [0.717, 1.165) is 49.1 Å². The Hall–Kier alpha value is -3.30. The molecule has 188 valence electrons. The molecule has 2 aliphatic rings. The van der Waals surface area contributed by atoms with Gasteiger partial charge in [-0.2, -0.15) is 0 Å². The zero-order valence-corrected chi connectivity index (χ0v) is 19.8. The Morgan fingerprint density at radius 1 is 1.08 bits per heavy atom. The first-order chi connectivity index (χ1) is 17.1. The van der Waals surface area contributed by atoms with E-state index in [9.17, 15) is 23.1 Å². The Labute approximate surface area is 206 Å². The molecular weight excluding hydrogens is 469 g/mol. The summed E-state index contributed by atoms with van der Waals surface area (Å²) in [5, 5.41) is 13.0. The van der Waals surface area contributed by atoms with Gasteiger partial charge in [0.1, 0.15) is 28.8 Å². The second-order valence-corrected chi connectivity index (χ2v) is 10.1. The highest BCUT2D eigenvalue weighted by atomic mass is 19.1. The summed E-state index contributed by atoms with van der Waals surface area (Å²) in [5.74, 6) is -3.19. The Morgan fingerprint density at radius 2 is 1.81 bits per heavy atom. The summed E-state index contributed by atoms with van der Waals surface area (Å²) in [5.41, 5.74) is 4.92. The molecule has 4 N–H and O–H groups in total. The number of aromatic nitrogens is 2. The van der Waals surface area contributed by atoms with Gasteiger partial charge in [-0.15, -0.1) is 0 Å². The third-order valence-electron chi connectivity index (χ3n) is 7.14. The number of hydrogen-bond acceptors (Lipinski definition) is 5. The van der Waals surface area contributed by atoms with Crippen molar-refractivity contribution in [1.82, 2.24) is 9.97 Å². The molecule has 2 aromatic heterocycles. The van der Waals surface area contributed by atoms with Crippen LogP contribution in [0.5, 0.6) is 0 Å². The third kappa shape index (κ3) is 4.73. The first-order valence-electron chi connectivity index (χ1n) is 12.0. The normalized spacial score (nSPS) is 22.8. The monoisotopic (exact) mass is 496 g/mol. The van der Waals surface area contributed by atoms with Gasteiger partial charge in [0, 0.05) is 12.2 Å². The number of nitrogens with two attached hydrogens (primary N) is 1. The van der Waals surface area contributed by atoms with Crippen LogP contribution in [0.2, 0.25) is 0 Å². The summed E-state index contributed by atoms with van der Waals surface area (Å²) < 4.78 is 44.4. The van der Waals surface area contributed by atoms with E-state index in [1.54, 1.807) is 6.20 Å². The maximum absolute atomic E-state index is 14.9. The van der Waals surface area contributed by atoms with E-state index in [4.69, 9.17) is 5.73 Å². The van der Waals surface area contributed by atoms with Crippen LogP contribution >= 0.6 is 0 Å². The summed E-state index contributed by atoms with van der Waals surface area (Å²) in [6, 6.07) is 5.97. The van der Waals surface area contributed by atoms with Crippen LogP contribution in [0.25, 0.3) is 11.3 Å². The average molecular weight is 497 g/mol. The van der Waals surface area contributed by atoms with Gasteiger partial charge in [0.05, 0.1) is 23.0 Å². The van der Waals surface area contributed by atoms with Gasteiger partial charge < -0.3 is 16.2 Å². The first kappa shape index (κ1) is 24.4. The average Bonchev–Trinajstić information content (AvgIpc) is 3.58. The van der Waals surface area contributed by atoms with E-state index in [2.05, 4.69) is 22.2 Å². The van der Waals surface area contributed by atoms with Gasteiger partial charge in [-0.1, -0.05) is 6.92 Å². The van der Waals surface area contributed by atoms with E-state index in [1.807, 2.05) is 6.07 Å². The van der Waals surface area contributed by atoms with Gasteiger partial charge in [0.25, 0.3) is 5.91 Å². The highest BCUT2D eigenvalue weighted by Gasteiger charge is 2.43. The minimum atomic E-state index is -1.25. The number of benzene rings is 1. The van der Waals surface area contributed by atoms with Gasteiger partial charge in [-0.3, -0.25) is 9.78 Å². The van der Waals surface area contributed by atoms with Crippen molar-refractivity contribution in [2.45, 2.75) is 56.6 Å².